The van der Waals surface area contributed by atoms with E-state index in [1.54, 1.807) is 4.52 Å². The number of benzene rings is 1. The van der Waals surface area contributed by atoms with Crippen molar-refractivity contribution in [3.8, 4) is 11.3 Å². The van der Waals surface area contributed by atoms with Gasteiger partial charge in [0.05, 0.1) is 11.6 Å². The summed E-state index contributed by atoms with van der Waals surface area (Å²) in [5.74, 6) is -0.312. The molecule has 3 heterocycles. The highest BCUT2D eigenvalue weighted by molar-refractivity contribution is 5.72. The minimum atomic E-state index is -0.630. The highest BCUT2D eigenvalue weighted by Gasteiger charge is 2.28. The first-order valence-corrected chi connectivity index (χ1v) is 10.7. The second-order valence-corrected chi connectivity index (χ2v) is 8.60. The van der Waals surface area contributed by atoms with Crippen molar-refractivity contribution >= 4 is 17.6 Å². The lowest BCUT2D eigenvalue weighted by molar-refractivity contribution is -0.138. The standard InChI is InChI=1S/C19H24N6.C4H6O2/c1-23(2)16-10-11-24(13-16)12-14-6-8-15(9-7-14)17-4-3-5-18-21-19(20)22-25(17)18;5-4(6)3-1-2-3/h3-9,16H,10-13H2,1-2H3,(H2,20,22);3H,1-2H2,(H,5,6). The smallest absolute Gasteiger partial charge is 0.306 e. The molecular formula is C23H30N6O2. The predicted octanol–water partition coefficient (Wildman–Crippen LogP) is 2.60. The van der Waals surface area contributed by atoms with E-state index in [0.29, 0.717) is 12.0 Å². The van der Waals surface area contributed by atoms with Crippen LogP contribution in [-0.2, 0) is 11.3 Å². The average Bonchev–Trinajstić information content (AvgIpc) is 3.38. The summed E-state index contributed by atoms with van der Waals surface area (Å²) < 4.78 is 1.80. The first-order valence-electron chi connectivity index (χ1n) is 10.7. The lowest BCUT2D eigenvalue weighted by atomic mass is 10.1. The Morgan fingerprint density at radius 1 is 1.16 bits per heavy atom. The van der Waals surface area contributed by atoms with Crippen molar-refractivity contribution in [3.05, 3.63) is 48.0 Å². The summed E-state index contributed by atoms with van der Waals surface area (Å²) in [5, 5.41) is 12.3. The fraction of sp³-hybridized carbons (Fsp3) is 0.435. The number of nitrogen functional groups attached to an aromatic ring is 1. The lowest BCUT2D eigenvalue weighted by Crippen LogP contribution is -2.31. The number of pyridine rings is 1. The van der Waals surface area contributed by atoms with Gasteiger partial charge < -0.3 is 15.7 Å². The molecule has 1 atom stereocenters. The Morgan fingerprint density at radius 2 is 1.90 bits per heavy atom. The third-order valence-electron chi connectivity index (χ3n) is 5.94. The zero-order valence-electron chi connectivity index (χ0n) is 18.1. The molecule has 1 unspecified atom stereocenters. The Morgan fingerprint density at radius 3 is 2.48 bits per heavy atom. The van der Waals surface area contributed by atoms with Crippen LogP contribution in [0.5, 0.6) is 0 Å². The van der Waals surface area contributed by atoms with Gasteiger partial charge in [-0.05, 0) is 51.1 Å². The Hall–Kier alpha value is -2.97. The highest BCUT2D eigenvalue weighted by atomic mass is 16.4. The van der Waals surface area contributed by atoms with Gasteiger partial charge in [-0.15, -0.1) is 5.10 Å². The van der Waals surface area contributed by atoms with Crippen LogP contribution < -0.4 is 5.73 Å². The fourth-order valence-electron chi connectivity index (χ4n) is 3.89. The molecule has 2 fully saturated rings. The summed E-state index contributed by atoms with van der Waals surface area (Å²) in [4.78, 5) is 18.8. The van der Waals surface area contributed by atoms with Crippen molar-refractivity contribution in [2.45, 2.75) is 31.8 Å². The first-order chi connectivity index (χ1) is 14.9. The molecule has 0 bridgehead atoms. The van der Waals surface area contributed by atoms with E-state index >= 15 is 0 Å². The molecule has 3 aromatic rings. The molecule has 3 N–H and O–H groups in total. The van der Waals surface area contributed by atoms with Crippen LogP contribution in [0.2, 0.25) is 0 Å². The van der Waals surface area contributed by atoms with Gasteiger partial charge in [0.15, 0.2) is 5.65 Å². The maximum atomic E-state index is 9.76. The molecule has 1 saturated heterocycles. The molecule has 164 valence electrons. The molecule has 1 aliphatic heterocycles. The van der Waals surface area contributed by atoms with Crippen LogP contribution in [0.4, 0.5) is 5.95 Å². The second-order valence-electron chi connectivity index (χ2n) is 8.60. The number of nitrogens with zero attached hydrogens (tertiary/aromatic N) is 5. The maximum absolute atomic E-state index is 9.76. The largest absolute Gasteiger partial charge is 0.481 e. The van der Waals surface area contributed by atoms with Crippen molar-refractivity contribution in [1.82, 2.24) is 24.4 Å². The number of carboxylic acid groups (broad SMARTS) is 1. The van der Waals surface area contributed by atoms with Gasteiger partial charge in [-0.25, -0.2) is 4.52 Å². The fourth-order valence-corrected chi connectivity index (χ4v) is 3.89. The van der Waals surface area contributed by atoms with Crippen LogP contribution in [0, 0.1) is 5.92 Å². The van der Waals surface area contributed by atoms with E-state index in [9.17, 15) is 4.79 Å². The monoisotopic (exact) mass is 422 g/mol. The molecular weight excluding hydrogens is 392 g/mol. The van der Waals surface area contributed by atoms with Gasteiger partial charge in [0.25, 0.3) is 0 Å². The number of carbonyl (C=O) groups is 1. The zero-order chi connectivity index (χ0) is 22.0. The number of hydrogen-bond donors (Lipinski definition) is 2. The lowest BCUT2D eigenvalue weighted by Gasteiger charge is -2.20. The molecule has 31 heavy (non-hydrogen) atoms. The van der Waals surface area contributed by atoms with Crippen molar-refractivity contribution < 1.29 is 9.90 Å². The summed E-state index contributed by atoms with van der Waals surface area (Å²) >= 11 is 0. The minimum Gasteiger partial charge on any atom is -0.481 e. The van der Waals surface area contributed by atoms with E-state index in [1.807, 2.05) is 18.2 Å². The molecule has 8 heteroatoms. The number of anilines is 1. The van der Waals surface area contributed by atoms with E-state index in [0.717, 1.165) is 42.8 Å². The maximum Gasteiger partial charge on any atom is 0.306 e. The molecule has 2 aromatic heterocycles. The summed E-state index contributed by atoms with van der Waals surface area (Å²) in [6.07, 6.45) is 3.05. The number of rotatable bonds is 5. The summed E-state index contributed by atoms with van der Waals surface area (Å²) in [6, 6.07) is 15.3. The van der Waals surface area contributed by atoms with Gasteiger partial charge in [-0.1, -0.05) is 30.3 Å². The predicted molar refractivity (Wildman–Crippen MR) is 121 cm³/mol. The Kier molecular flexibility index (Phi) is 6.20. The van der Waals surface area contributed by atoms with Gasteiger partial charge >= 0.3 is 5.97 Å². The van der Waals surface area contributed by atoms with E-state index in [-0.39, 0.29) is 5.92 Å². The Bertz CT molecular complexity index is 1040. The second kappa shape index (κ2) is 9.03. The molecule has 1 aliphatic carbocycles. The molecule has 5 rings (SSSR count). The van der Waals surface area contributed by atoms with Crippen molar-refractivity contribution in [2.75, 3.05) is 32.9 Å². The highest BCUT2D eigenvalue weighted by Crippen LogP contribution is 2.28. The molecule has 1 saturated carbocycles. The number of aromatic nitrogens is 3. The zero-order valence-corrected chi connectivity index (χ0v) is 18.1. The Labute approximate surface area is 182 Å². The summed E-state index contributed by atoms with van der Waals surface area (Å²) in [5.41, 5.74) is 9.96. The van der Waals surface area contributed by atoms with Crippen molar-refractivity contribution in [2.24, 2.45) is 5.92 Å². The quantitative estimate of drug-likeness (QED) is 0.652. The molecule has 8 nitrogen and oxygen atoms in total. The Balaban J connectivity index is 0.000000334. The minimum absolute atomic E-state index is 0.0185. The number of aliphatic carboxylic acids is 1. The molecule has 1 aromatic carbocycles. The van der Waals surface area contributed by atoms with Gasteiger partial charge in [0.1, 0.15) is 0 Å². The van der Waals surface area contributed by atoms with Gasteiger partial charge in [-0.3, -0.25) is 9.69 Å². The van der Waals surface area contributed by atoms with Crippen molar-refractivity contribution in [3.63, 3.8) is 0 Å². The van der Waals surface area contributed by atoms with E-state index in [4.69, 9.17) is 10.8 Å². The normalized spacial score (nSPS) is 18.9. The first kappa shape index (κ1) is 21.3. The number of likely N-dealkylation sites (N-methyl/N-ethyl adjacent to an activating group) is 1. The van der Waals surface area contributed by atoms with Crippen LogP contribution in [0.25, 0.3) is 16.9 Å². The molecule has 0 radical (unpaired) electrons. The van der Waals surface area contributed by atoms with Crippen LogP contribution in [0.1, 0.15) is 24.8 Å². The third-order valence-corrected chi connectivity index (χ3v) is 5.94. The van der Waals surface area contributed by atoms with E-state index in [2.05, 4.69) is 58.2 Å². The van der Waals surface area contributed by atoms with Crippen LogP contribution in [-0.4, -0.2) is 68.7 Å². The van der Waals surface area contributed by atoms with E-state index < -0.39 is 5.97 Å². The van der Waals surface area contributed by atoms with Crippen LogP contribution >= 0.6 is 0 Å². The molecule has 0 amide bonds. The van der Waals surface area contributed by atoms with Gasteiger partial charge in [0, 0.05) is 31.2 Å². The third kappa shape index (κ3) is 5.21. The number of nitrogens with two attached hydrogens (primary N) is 1. The molecule has 2 aliphatic rings. The van der Waals surface area contributed by atoms with E-state index in [1.165, 1.54) is 18.5 Å². The van der Waals surface area contributed by atoms with Crippen LogP contribution in [0.15, 0.2) is 42.5 Å². The topological polar surface area (TPSA) is 100.0 Å². The number of likely N-dealkylation sites (tertiary alicyclic amines) is 1. The van der Waals surface area contributed by atoms with Crippen LogP contribution in [0.3, 0.4) is 0 Å². The van der Waals surface area contributed by atoms with Gasteiger partial charge in [-0.2, -0.15) is 4.98 Å². The summed E-state index contributed by atoms with van der Waals surface area (Å²) in [7, 11) is 4.33. The SMILES string of the molecule is CN(C)C1CCN(Cc2ccc(-c3cccc4nc(N)nn34)cc2)C1.O=C(O)C1CC1. The summed E-state index contributed by atoms with van der Waals surface area (Å²) in [6.45, 7) is 3.32. The van der Waals surface area contributed by atoms with Crippen molar-refractivity contribution in [1.29, 1.82) is 0 Å². The van der Waals surface area contributed by atoms with Gasteiger partial charge in [0.2, 0.25) is 5.95 Å². The molecule has 0 spiro atoms. The number of carboxylic acids is 1. The average molecular weight is 423 g/mol. The number of fused-ring (bicyclic) bond motifs is 1. The number of hydrogen-bond acceptors (Lipinski definition) is 6.